The summed E-state index contributed by atoms with van der Waals surface area (Å²) in [4.78, 5) is 17.0. The zero-order valence-corrected chi connectivity index (χ0v) is 16.9. The molecule has 28 heavy (non-hydrogen) atoms. The Balaban J connectivity index is 1.57. The fourth-order valence-corrected chi connectivity index (χ4v) is 3.75. The lowest BCUT2D eigenvalue weighted by atomic mass is 10.1. The Labute approximate surface area is 166 Å². The molecule has 0 N–H and O–H groups in total. The first-order valence-electron chi connectivity index (χ1n) is 9.96. The number of carbonyl (C=O) groups is 1. The normalized spacial score (nSPS) is 20.2. The number of benzene rings is 2. The van der Waals surface area contributed by atoms with Gasteiger partial charge in [0.05, 0.1) is 0 Å². The highest BCUT2D eigenvalue weighted by Crippen LogP contribution is 2.21. The fourth-order valence-electron chi connectivity index (χ4n) is 3.75. The molecule has 4 nitrogen and oxygen atoms in total. The molecule has 3 rings (SSSR count). The Morgan fingerprint density at radius 3 is 2.50 bits per heavy atom. The van der Waals surface area contributed by atoms with Crippen LogP contribution in [0.3, 0.4) is 0 Å². The highest BCUT2D eigenvalue weighted by molar-refractivity contribution is 5.78. The van der Waals surface area contributed by atoms with Crippen molar-refractivity contribution in [3.8, 4) is 5.75 Å². The SMILES string of the molecule is CCc1ccccc1OCC(=O)N1C[C@H](C)N(Cc2ccc(F)cc2)C[C@H]1C. The molecule has 1 saturated heterocycles. The van der Waals surface area contributed by atoms with Crippen LogP contribution in [-0.2, 0) is 17.8 Å². The second-order valence-electron chi connectivity index (χ2n) is 7.55. The fraction of sp³-hybridized carbons (Fsp3) is 0.435. The van der Waals surface area contributed by atoms with Gasteiger partial charge in [0, 0.05) is 31.7 Å². The van der Waals surface area contributed by atoms with E-state index in [1.165, 1.54) is 12.1 Å². The van der Waals surface area contributed by atoms with Gasteiger partial charge in [-0.05, 0) is 49.6 Å². The topological polar surface area (TPSA) is 32.8 Å². The van der Waals surface area contributed by atoms with Gasteiger partial charge in [-0.2, -0.15) is 0 Å². The first-order valence-corrected chi connectivity index (χ1v) is 9.96. The summed E-state index contributed by atoms with van der Waals surface area (Å²) in [6.45, 7) is 8.55. The maximum Gasteiger partial charge on any atom is 0.260 e. The van der Waals surface area contributed by atoms with Crippen molar-refractivity contribution in [1.82, 2.24) is 9.80 Å². The number of carbonyl (C=O) groups excluding carboxylic acids is 1. The van der Waals surface area contributed by atoms with Crippen molar-refractivity contribution in [3.63, 3.8) is 0 Å². The van der Waals surface area contributed by atoms with E-state index in [4.69, 9.17) is 4.74 Å². The highest BCUT2D eigenvalue weighted by atomic mass is 19.1. The molecule has 1 amide bonds. The molecule has 1 aliphatic heterocycles. The molecular formula is C23H29FN2O2. The Morgan fingerprint density at radius 2 is 1.79 bits per heavy atom. The van der Waals surface area contributed by atoms with E-state index in [0.717, 1.165) is 36.4 Å². The van der Waals surface area contributed by atoms with Crippen LogP contribution in [0.5, 0.6) is 5.75 Å². The van der Waals surface area contributed by atoms with Gasteiger partial charge < -0.3 is 9.64 Å². The van der Waals surface area contributed by atoms with Crippen LogP contribution in [0.2, 0.25) is 0 Å². The molecule has 1 aliphatic rings. The summed E-state index contributed by atoms with van der Waals surface area (Å²) in [7, 11) is 0. The Hall–Kier alpha value is -2.40. The zero-order chi connectivity index (χ0) is 20.1. The maximum atomic E-state index is 13.1. The molecule has 0 unspecified atom stereocenters. The van der Waals surface area contributed by atoms with Gasteiger partial charge in [0.1, 0.15) is 11.6 Å². The van der Waals surface area contributed by atoms with Crippen molar-refractivity contribution in [2.45, 2.75) is 45.8 Å². The standard InChI is InChI=1S/C23H29FN2O2/c1-4-20-7-5-6-8-22(20)28-16-23(27)26-14-17(2)25(13-18(26)3)15-19-9-11-21(24)12-10-19/h5-12,17-18H,4,13-16H2,1-3H3/t17-,18+/m0/s1. The van der Waals surface area contributed by atoms with Crippen LogP contribution in [0.25, 0.3) is 0 Å². The van der Waals surface area contributed by atoms with E-state index >= 15 is 0 Å². The molecule has 0 bridgehead atoms. The van der Waals surface area contributed by atoms with E-state index in [1.54, 1.807) is 0 Å². The van der Waals surface area contributed by atoms with Gasteiger partial charge in [-0.1, -0.05) is 37.3 Å². The second-order valence-corrected chi connectivity index (χ2v) is 7.55. The Bertz CT molecular complexity index is 793. The molecule has 2 atom stereocenters. The van der Waals surface area contributed by atoms with Gasteiger partial charge in [0.2, 0.25) is 0 Å². The molecule has 150 valence electrons. The summed E-state index contributed by atoms with van der Waals surface area (Å²) in [6.07, 6.45) is 0.875. The Morgan fingerprint density at radius 1 is 1.07 bits per heavy atom. The van der Waals surface area contributed by atoms with Gasteiger partial charge >= 0.3 is 0 Å². The number of halogens is 1. The van der Waals surface area contributed by atoms with E-state index in [2.05, 4.69) is 25.7 Å². The third kappa shape index (κ3) is 4.90. The van der Waals surface area contributed by atoms with Gasteiger partial charge in [-0.15, -0.1) is 0 Å². The maximum absolute atomic E-state index is 13.1. The van der Waals surface area contributed by atoms with E-state index in [-0.39, 0.29) is 30.4 Å². The average molecular weight is 384 g/mol. The van der Waals surface area contributed by atoms with E-state index in [9.17, 15) is 9.18 Å². The van der Waals surface area contributed by atoms with Crippen molar-refractivity contribution in [1.29, 1.82) is 0 Å². The molecule has 1 fully saturated rings. The lowest BCUT2D eigenvalue weighted by Gasteiger charge is -2.44. The lowest BCUT2D eigenvalue weighted by Crippen LogP contribution is -2.58. The van der Waals surface area contributed by atoms with Gasteiger partial charge in [0.15, 0.2) is 6.61 Å². The van der Waals surface area contributed by atoms with E-state index in [0.29, 0.717) is 6.54 Å². The number of hydrogen-bond acceptors (Lipinski definition) is 3. The molecular weight excluding hydrogens is 355 g/mol. The number of hydrogen-bond donors (Lipinski definition) is 0. The molecule has 1 heterocycles. The number of para-hydroxylation sites is 1. The number of aryl methyl sites for hydroxylation is 1. The molecule has 0 saturated carbocycles. The smallest absolute Gasteiger partial charge is 0.260 e. The highest BCUT2D eigenvalue weighted by Gasteiger charge is 2.32. The predicted octanol–water partition coefficient (Wildman–Crippen LogP) is 3.89. The van der Waals surface area contributed by atoms with Crippen LogP contribution in [0.1, 0.15) is 31.9 Å². The number of piperazine rings is 1. The molecule has 0 aromatic heterocycles. The summed E-state index contributed by atoms with van der Waals surface area (Å²) < 4.78 is 18.9. The van der Waals surface area contributed by atoms with Crippen molar-refractivity contribution in [2.75, 3.05) is 19.7 Å². The molecule has 5 heteroatoms. The number of rotatable bonds is 6. The summed E-state index contributed by atoms with van der Waals surface area (Å²) in [6, 6.07) is 14.8. The largest absolute Gasteiger partial charge is 0.483 e. The molecule has 0 aliphatic carbocycles. The number of nitrogens with zero attached hydrogens (tertiary/aromatic N) is 2. The van der Waals surface area contributed by atoms with Crippen LogP contribution in [0, 0.1) is 5.82 Å². The van der Waals surface area contributed by atoms with Gasteiger partial charge in [0.25, 0.3) is 5.91 Å². The molecule has 0 radical (unpaired) electrons. The first-order chi connectivity index (χ1) is 13.5. The quantitative estimate of drug-likeness (QED) is 0.758. The van der Waals surface area contributed by atoms with Crippen LogP contribution in [-0.4, -0.2) is 47.5 Å². The van der Waals surface area contributed by atoms with Crippen molar-refractivity contribution in [2.24, 2.45) is 0 Å². The first kappa shape index (κ1) is 20.3. The number of ether oxygens (including phenoxy) is 1. The van der Waals surface area contributed by atoms with Crippen molar-refractivity contribution in [3.05, 3.63) is 65.5 Å². The predicted molar refractivity (Wildman–Crippen MR) is 109 cm³/mol. The third-order valence-corrected chi connectivity index (χ3v) is 5.44. The lowest BCUT2D eigenvalue weighted by molar-refractivity contribution is -0.139. The minimum Gasteiger partial charge on any atom is -0.483 e. The van der Waals surface area contributed by atoms with Gasteiger partial charge in [-0.3, -0.25) is 9.69 Å². The summed E-state index contributed by atoms with van der Waals surface area (Å²) in [5.41, 5.74) is 2.19. The van der Waals surface area contributed by atoms with Crippen molar-refractivity contribution >= 4 is 5.91 Å². The van der Waals surface area contributed by atoms with E-state index < -0.39 is 0 Å². The van der Waals surface area contributed by atoms with Crippen LogP contribution >= 0.6 is 0 Å². The third-order valence-electron chi connectivity index (χ3n) is 5.44. The molecule has 0 spiro atoms. The van der Waals surface area contributed by atoms with Crippen molar-refractivity contribution < 1.29 is 13.9 Å². The zero-order valence-electron chi connectivity index (χ0n) is 16.9. The van der Waals surface area contributed by atoms with Crippen LogP contribution in [0.4, 0.5) is 4.39 Å². The molecule has 2 aromatic carbocycles. The Kier molecular flexibility index (Phi) is 6.68. The summed E-state index contributed by atoms with van der Waals surface area (Å²) in [5, 5.41) is 0. The average Bonchev–Trinajstić information content (AvgIpc) is 2.70. The van der Waals surface area contributed by atoms with E-state index in [1.807, 2.05) is 41.3 Å². The molecule has 2 aromatic rings. The van der Waals surface area contributed by atoms with Crippen LogP contribution < -0.4 is 4.74 Å². The summed E-state index contributed by atoms with van der Waals surface area (Å²) >= 11 is 0. The second kappa shape index (κ2) is 9.20. The van der Waals surface area contributed by atoms with Crippen LogP contribution in [0.15, 0.2) is 48.5 Å². The minimum atomic E-state index is -0.217. The monoisotopic (exact) mass is 384 g/mol. The minimum absolute atomic E-state index is 0.0201. The number of amides is 1. The van der Waals surface area contributed by atoms with Gasteiger partial charge in [-0.25, -0.2) is 4.39 Å². The summed E-state index contributed by atoms with van der Waals surface area (Å²) in [5.74, 6) is 0.589.